The summed E-state index contributed by atoms with van der Waals surface area (Å²) in [7, 11) is 0. The highest BCUT2D eigenvalue weighted by Gasteiger charge is 2.13. The first kappa shape index (κ1) is 13.2. The molecular formula is C15H25N. The second kappa shape index (κ2) is 5.49. The predicted octanol–water partition coefficient (Wildman–Crippen LogP) is 4.34. The van der Waals surface area contributed by atoms with E-state index in [1.165, 1.54) is 16.7 Å². The predicted molar refractivity (Wildman–Crippen MR) is 71.8 cm³/mol. The zero-order valence-electron chi connectivity index (χ0n) is 11.2. The minimum atomic E-state index is 0.179. The van der Waals surface area contributed by atoms with E-state index in [2.05, 4.69) is 52.8 Å². The smallest absolute Gasteiger partial charge is 0.0295 e. The summed E-state index contributed by atoms with van der Waals surface area (Å²) in [6, 6.07) is 6.96. The topological polar surface area (TPSA) is 26.0 Å². The van der Waals surface area contributed by atoms with E-state index >= 15 is 0 Å². The van der Waals surface area contributed by atoms with Gasteiger partial charge in [0.15, 0.2) is 0 Å². The fourth-order valence-corrected chi connectivity index (χ4v) is 2.01. The van der Waals surface area contributed by atoms with Crippen LogP contribution in [-0.4, -0.2) is 0 Å². The molecule has 16 heavy (non-hydrogen) atoms. The molecule has 0 aliphatic rings. The van der Waals surface area contributed by atoms with Crippen molar-refractivity contribution in [1.29, 1.82) is 0 Å². The molecular weight excluding hydrogens is 194 g/mol. The fourth-order valence-electron chi connectivity index (χ4n) is 2.01. The van der Waals surface area contributed by atoms with Gasteiger partial charge in [0.1, 0.15) is 0 Å². The Labute approximate surface area is 100 Å². The Balaban J connectivity index is 3.19. The van der Waals surface area contributed by atoms with Gasteiger partial charge in [-0.2, -0.15) is 0 Å². The third-order valence-corrected chi connectivity index (χ3v) is 3.24. The molecule has 0 saturated carbocycles. The lowest BCUT2D eigenvalue weighted by Crippen LogP contribution is -2.12. The van der Waals surface area contributed by atoms with Crippen LogP contribution in [-0.2, 0) is 0 Å². The molecule has 0 spiro atoms. The lowest BCUT2D eigenvalue weighted by molar-refractivity contribution is 0.676. The lowest BCUT2D eigenvalue weighted by atomic mass is 9.88. The van der Waals surface area contributed by atoms with Gasteiger partial charge >= 0.3 is 0 Å². The van der Waals surface area contributed by atoms with Crippen molar-refractivity contribution in [3.8, 4) is 0 Å². The molecule has 1 rings (SSSR count). The SMILES string of the molecule is CC[C@H](N)c1ccc(C(C)C)cc1C(C)C. The van der Waals surface area contributed by atoms with E-state index in [0.717, 1.165) is 6.42 Å². The average molecular weight is 219 g/mol. The standard InChI is InChI=1S/C15H25N/c1-6-15(16)13-8-7-12(10(2)3)9-14(13)11(4)5/h7-11,15H,6,16H2,1-5H3/t15-/m0/s1. The Morgan fingerprint density at radius 2 is 1.62 bits per heavy atom. The maximum Gasteiger partial charge on any atom is 0.0295 e. The number of hydrogen-bond donors (Lipinski definition) is 1. The zero-order valence-corrected chi connectivity index (χ0v) is 11.2. The molecule has 0 aliphatic carbocycles. The Bertz CT molecular complexity index is 339. The summed E-state index contributed by atoms with van der Waals surface area (Å²) in [4.78, 5) is 0. The maximum absolute atomic E-state index is 6.16. The number of rotatable bonds is 4. The van der Waals surface area contributed by atoms with Crippen LogP contribution in [0, 0.1) is 0 Å². The summed E-state index contributed by atoms with van der Waals surface area (Å²) >= 11 is 0. The average Bonchev–Trinajstić information content (AvgIpc) is 2.26. The second-order valence-corrected chi connectivity index (χ2v) is 5.21. The van der Waals surface area contributed by atoms with Gasteiger partial charge in [0.05, 0.1) is 0 Å². The molecule has 1 atom stereocenters. The molecule has 0 fully saturated rings. The third kappa shape index (κ3) is 2.85. The van der Waals surface area contributed by atoms with Gasteiger partial charge in [0.25, 0.3) is 0 Å². The van der Waals surface area contributed by atoms with E-state index in [9.17, 15) is 0 Å². The van der Waals surface area contributed by atoms with Gasteiger partial charge in [-0.05, 0) is 34.9 Å². The summed E-state index contributed by atoms with van der Waals surface area (Å²) in [5.74, 6) is 1.13. The molecule has 0 radical (unpaired) electrons. The van der Waals surface area contributed by atoms with Crippen LogP contribution < -0.4 is 5.73 Å². The largest absolute Gasteiger partial charge is 0.324 e. The highest BCUT2D eigenvalue weighted by Crippen LogP contribution is 2.28. The van der Waals surface area contributed by atoms with Crippen molar-refractivity contribution in [2.24, 2.45) is 5.73 Å². The van der Waals surface area contributed by atoms with E-state index in [0.29, 0.717) is 11.8 Å². The van der Waals surface area contributed by atoms with Crippen LogP contribution in [0.1, 0.15) is 75.6 Å². The second-order valence-electron chi connectivity index (χ2n) is 5.21. The van der Waals surface area contributed by atoms with Crippen molar-refractivity contribution in [1.82, 2.24) is 0 Å². The molecule has 0 unspecified atom stereocenters. The number of benzene rings is 1. The van der Waals surface area contributed by atoms with Crippen LogP contribution in [0.2, 0.25) is 0 Å². The summed E-state index contributed by atoms with van der Waals surface area (Å²) in [6.45, 7) is 11.1. The number of hydrogen-bond acceptors (Lipinski definition) is 1. The Morgan fingerprint density at radius 3 is 2.06 bits per heavy atom. The molecule has 0 aromatic heterocycles. The number of nitrogens with two attached hydrogens (primary N) is 1. The summed E-state index contributed by atoms with van der Waals surface area (Å²) in [6.07, 6.45) is 1.00. The van der Waals surface area contributed by atoms with Crippen molar-refractivity contribution in [3.05, 3.63) is 34.9 Å². The summed E-state index contributed by atoms with van der Waals surface area (Å²) in [5.41, 5.74) is 10.3. The molecule has 1 aromatic rings. The first-order chi connectivity index (χ1) is 7.47. The molecule has 1 heteroatoms. The monoisotopic (exact) mass is 219 g/mol. The minimum absolute atomic E-state index is 0.179. The van der Waals surface area contributed by atoms with Crippen LogP contribution in [0.5, 0.6) is 0 Å². The van der Waals surface area contributed by atoms with Crippen LogP contribution in [0.25, 0.3) is 0 Å². The molecule has 2 N–H and O–H groups in total. The van der Waals surface area contributed by atoms with Gasteiger partial charge in [-0.15, -0.1) is 0 Å². The molecule has 0 aliphatic heterocycles. The summed E-state index contributed by atoms with van der Waals surface area (Å²) < 4.78 is 0. The molecule has 0 amide bonds. The minimum Gasteiger partial charge on any atom is -0.324 e. The Kier molecular flexibility index (Phi) is 4.55. The fraction of sp³-hybridized carbons (Fsp3) is 0.600. The van der Waals surface area contributed by atoms with Crippen LogP contribution >= 0.6 is 0 Å². The van der Waals surface area contributed by atoms with E-state index in [1.807, 2.05) is 0 Å². The molecule has 1 nitrogen and oxygen atoms in total. The zero-order chi connectivity index (χ0) is 12.3. The van der Waals surface area contributed by atoms with Gasteiger partial charge in [-0.1, -0.05) is 52.8 Å². The summed E-state index contributed by atoms with van der Waals surface area (Å²) in [5, 5.41) is 0. The Morgan fingerprint density at radius 1 is 1.00 bits per heavy atom. The van der Waals surface area contributed by atoms with Gasteiger partial charge in [0.2, 0.25) is 0 Å². The Hall–Kier alpha value is -0.820. The van der Waals surface area contributed by atoms with Crippen LogP contribution in [0.4, 0.5) is 0 Å². The first-order valence-corrected chi connectivity index (χ1v) is 6.36. The van der Waals surface area contributed by atoms with Crippen molar-refractivity contribution in [3.63, 3.8) is 0 Å². The van der Waals surface area contributed by atoms with Gasteiger partial charge in [-0.3, -0.25) is 0 Å². The van der Waals surface area contributed by atoms with E-state index in [-0.39, 0.29) is 6.04 Å². The van der Waals surface area contributed by atoms with Crippen molar-refractivity contribution >= 4 is 0 Å². The van der Waals surface area contributed by atoms with Crippen molar-refractivity contribution < 1.29 is 0 Å². The molecule has 90 valence electrons. The van der Waals surface area contributed by atoms with Gasteiger partial charge in [0, 0.05) is 6.04 Å². The third-order valence-electron chi connectivity index (χ3n) is 3.24. The highest BCUT2D eigenvalue weighted by atomic mass is 14.6. The molecule has 0 bridgehead atoms. The maximum atomic E-state index is 6.16. The van der Waals surface area contributed by atoms with Crippen molar-refractivity contribution in [2.45, 2.75) is 58.9 Å². The van der Waals surface area contributed by atoms with E-state index < -0.39 is 0 Å². The van der Waals surface area contributed by atoms with Crippen LogP contribution in [0.15, 0.2) is 18.2 Å². The molecule has 0 heterocycles. The molecule has 0 saturated heterocycles. The van der Waals surface area contributed by atoms with E-state index in [1.54, 1.807) is 0 Å². The highest BCUT2D eigenvalue weighted by molar-refractivity contribution is 5.37. The molecule has 1 aromatic carbocycles. The quantitative estimate of drug-likeness (QED) is 0.800. The first-order valence-electron chi connectivity index (χ1n) is 6.36. The van der Waals surface area contributed by atoms with Crippen molar-refractivity contribution in [2.75, 3.05) is 0 Å². The normalized spacial score (nSPS) is 13.5. The van der Waals surface area contributed by atoms with Gasteiger partial charge < -0.3 is 5.73 Å². The van der Waals surface area contributed by atoms with E-state index in [4.69, 9.17) is 5.73 Å². The van der Waals surface area contributed by atoms with Gasteiger partial charge in [-0.25, -0.2) is 0 Å². The lowest BCUT2D eigenvalue weighted by Gasteiger charge is -2.20. The van der Waals surface area contributed by atoms with Crippen LogP contribution in [0.3, 0.4) is 0 Å².